The lowest BCUT2D eigenvalue weighted by Gasteiger charge is -2.31. The van der Waals surface area contributed by atoms with Crippen LogP contribution < -0.4 is 5.32 Å². The molecule has 0 radical (unpaired) electrons. The minimum Gasteiger partial charge on any atom is -0.297 e. The number of pyridine rings is 1. The van der Waals surface area contributed by atoms with Gasteiger partial charge in [-0.25, -0.2) is 0 Å². The molecule has 21 heavy (non-hydrogen) atoms. The van der Waals surface area contributed by atoms with Gasteiger partial charge in [0.05, 0.1) is 24.6 Å². The van der Waals surface area contributed by atoms with Gasteiger partial charge in [-0.05, 0) is 18.1 Å². The van der Waals surface area contributed by atoms with Gasteiger partial charge in [-0.3, -0.25) is 24.8 Å². The number of carbonyl (C=O) groups excluding carboxylic acids is 2. The monoisotopic (exact) mass is 283 g/mol. The number of rotatable bonds is 3. The average Bonchev–Trinajstić information content (AvgIpc) is 2.52. The maximum Gasteiger partial charge on any atom is 0.246 e. The number of para-hydroxylation sites is 1. The number of hydrogen-bond acceptors (Lipinski definition) is 4. The molecule has 2 amide bonds. The van der Waals surface area contributed by atoms with Gasteiger partial charge >= 0.3 is 0 Å². The second kappa shape index (κ2) is 5.61. The number of benzene rings is 1. The molecule has 1 atom stereocenters. The fourth-order valence-corrected chi connectivity index (χ4v) is 2.65. The first-order valence-electron chi connectivity index (χ1n) is 7.11. The van der Waals surface area contributed by atoms with E-state index in [0.29, 0.717) is 6.42 Å². The van der Waals surface area contributed by atoms with Gasteiger partial charge in [-0.1, -0.05) is 31.2 Å². The largest absolute Gasteiger partial charge is 0.297 e. The molecule has 0 saturated carbocycles. The highest BCUT2D eigenvalue weighted by molar-refractivity contribution is 6.01. The number of piperazine rings is 1. The van der Waals surface area contributed by atoms with E-state index in [9.17, 15) is 9.59 Å². The van der Waals surface area contributed by atoms with Gasteiger partial charge in [-0.15, -0.1) is 0 Å². The molecule has 1 saturated heterocycles. The zero-order valence-corrected chi connectivity index (χ0v) is 11.9. The van der Waals surface area contributed by atoms with Crippen molar-refractivity contribution >= 4 is 22.7 Å². The quantitative estimate of drug-likeness (QED) is 0.867. The Hall–Kier alpha value is -2.27. The van der Waals surface area contributed by atoms with Crippen LogP contribution in [0.4, 0.5) is 0 Å². The molecule has 1 aromatic carbocycles. The molecule has 0 aliphatic carbocycles. The smallest absolute Gasteiger partial charge is 0.246 e. The third kappa shape index (κ3) is 2.52. The van der Waals surface area contributed by atoms with E-state index < -0.39 is 0 Å². The zero-order valence-electron chi connectivity index (χ0n) is 11.9. The summed E-state index contributed by atoms with van der Waals surface area (Å²) in [5.41, 5.74) is 1.73. The predicted molar refractivity (Wildman–Crippen MR) is 79.4 cm³/mol. The zero-order chi connectivity index (χ0) is 14.8. The molecule has 1 fully saturated rings. The van der Waals surface area contributed by atoms with Gasteiger partial charge in [-0.2, -0.15) is 0 Å². The van der Waals surface area contributed by atoms with Gasteiger partial charge in [0.1, 0.15) is 0 Å². The summed E-state index contributed by atoms with van der Waals surface area (Å²) in [5, 5.41) is 3.98. The van der Waals surface area contributed by atoms with Gasteiger partial charge in [0.15, 0.2) is 0 Å². The Morgan fingerprint density at radius 3 is 2.90 bits per heavy atom. The second-order valence-electron chi connectivity index (χ2n) is 5.15. The topological polar surface area (TPSA) is 62.3 Å². The SMILES string of the molecule is CCC1NCC(=O)N(Cc2cccc3cccnc23)C1=O. The Morgan fingerprint density at radius 1 is 1.29 bits per heavy atom. The normalized spacial score (nSPS) is 19.3. The van der Waals surface area contributed by atoms with E-state index in [1.807, 2.05) is 37.3 Å². The number of hydrogen-bond donors (Lipinski definition) is 1. The molecule has 108 valence electrons. The summed E-state index contributed by atoms with van der Waals surface area (Å²) in [6.07, 6.45) is 2.40. The predicted octanol–water partition coefficient (Wildman–Crippen LogP) is 1.47. The van der Waals surface area contributed by atoms with Crippen LogP contribution in [0.1, 0.15) is 18.9 Å². The van der Waals surface area contributed by atoms with Gasteiger partial charge in [0.2, 0.25) is 11.8 Å². The summed E-state index contributed by atoms with van der Waals surface area (Å²) in [6.45, 7) is 2.43. The van der Waals surface area contributed by atoms with Gasteiger partial charge in [0, 0.05) is 11.6 Å². The highest BCUT2D eigenvalue weighted by atomic mass is 16.2. The molecule has 1 N–H and O–H groups in total. The highest BCUT2D eigenvalue weighted by Gasteiger charge is 2.32. The Morgan fingerprint density at radius 2 is 2.10 bits per heavy atom. The van der Waals surface area contributed by atoms with E-state index in [1.165, 1.54) is 4.90 Å². The molecule has 5 heteroatoms. The molecule has 2 heterocycles. The van der Waals surface area contributed by atoms with Crippen molar-refractivity contribution in [3.63, 3.8) is 0 Å². The Balaban J connectivity index is 1.94. The summed E-state index contributed by atoms with van der Waals surface area (Å²) in [6, 6.07) is 9.39. The third-order valence-electron chi connectivity index (χ3n) is 3.82. The average molecular weight is 283 g/mol. The van der Waals surface area contributed by atoms with Gasteiger partial charge < -0.3 is 0 Å². The van der Waals surface area contributed by atoms with Crippen molar-refractivity contribution in [2.75, 3.05) is 6.54 Å². The molecule has 0 bridgehead atoms. The molecular formula is C16H17N3O2. The van der Waals surface area contributed by atoms with E-state index >= 15 is 0 Å². The molecule has 0 spiro atoms. The van der Waals surface area contributed by atoms with Crippen LogP contribution in [-0.2, 0) is 16.1 Å². The van der Waals surface area contributed by atoms with E-state index in [1.54, 1.807) is 6.20 Å². The summed E-state index contributed by atoms with van der Waals surface area (Å²) < 4.78 is 0. The van der Waals surface area contributed by atoms with Crippen LogP contribution in [0.5, 0.6) is 0 Å². The molecule has 2 aromatic rings. The molecule has 1 unspecified atom stereocenters. The van der Waals surface area contributed by atoms with Crippen molar-refractivity contribution in [2.45, 2.75) is 25.9 Å². The van der Waals surface area contributed by atoms with Crippen LogP contribution in [0.15, 0.2) is 36.5 Å². The fraction of sp³-hybridized carbons (Fsp3) is 0.312. The first-order chi connectivity index (χ1) is 10.2. The van der Waals surface area contributed by atoms with Crippen molar-refractivity contribution < 1.29 is 9.59 Å². The number of imide groups is 1. The summed E-state index contributed by atoms with van der Waals surface area (Å²) >= 11 is 0. The highest BCUT2D eigenvalue weighted by Crippen LogP contribution is 2.19. The number of fused-ring (bicyclic) bond motifs is 1. The van der Waals surface area contributed by atoms with E-state index in [0.717, 1.165) is 16.5 Å². The minimum atomic E-state index is -0.273. The first-order valence-corrected chi connectivity index (χ1v) is 7.11. The van der Waals surface area contributed by atoms with E-state index in [-0.39, 0.29) is 30.9 Å². The number of nitrogens with one attached hydrogen (secondary N) is 1. The molecule has 1 aliphatic rings. The molecule has 1 aliphatic heterocycles. The van der Waals surface area contributed by atoms with Crippen molar-refractivity contribution in [3.05, 3.63) is 42.1 Å². The van der Waals surface area contributed by atoms with Crippen molar-refractivity contribution in [1.82, 2.24) is 15.2 Å². The van der Waals surface area contributed by atoms with Crippen molar-refractivity contribution in [1.29, 1.82) is 0 Å². The summed E-state index contributed by atoms with van der Waals surface area (Å²) in [4.78, 5) is 30.1. The van der Waals surface area contributed by atoms with Crippen LogP contribution in [-0.4, -0.2) is 34.3 Å². The van der Waals surface area contributed by atoms with E-state index in [2.05, 4.69) is 10.3 Å². The van der Waals surface area contributed by atoms with Crippen LogP contribution in [0.2, 0.25) is 0 Å². The molecule has 5 nitrogen and oxygen atoms in total. The van der Waals surface area contributed by atoms with Crippen LogP contribution in [0, 0.1) is 0 Å². The Bertz CT molecular complexity index is 693. The lowest BCUT2D eigenvalue weighted by molar-refractivity contribution is -0.150. The number of nitrogens with zero attached hydrogens (tertiary/aromatic N) is 2. The lowest BCUT2D eigenvalue weighted by atomic mass is 10.1. The van der Waals surface area contributed by atoms with Crippen molar-refractivity contribution in [3.8, 4) is 0 Å². The minimum absolute atomic E-state index is 0.151. The second-order valence-corrected chi connectivity index (χ2v) is 5.15. The van der Waals surface area contributed by atoms with Crippen LogP contribution >= 0.6 is 0 Å². The maximum absolute atomic E-state index is 12.3. The van der Waals surface area contributed by atoms with E-state index in [4.69, 9.17) is 0 Å². The summed E-state index contributed by atoms with van der Waals surface area (Å²) in [7, 11) is 0. The van der Waals surface area contributed by atoms with Crippen molar-refractivity contribution in [2.24, 2.45) is 0 Å². The Kier molecular flexibility index (Phi) is 3.66. The number of aromatic nitrogens is 1. The molecule has 3 rings (SSSR count). The fourth-order valence-electron chi connectivity index (χ4n) is 2.65. The number of carbonyl (C=O) groups is 2. The van der Waals surface area contributed by atoms with Crippen LogP contribution in [0.25, 0.3) is 10.9 Å². The van der Waals surface area contributed by atoms with Crippen LogP contribution in [0.3, 0.4) is 0 Å². The Labute approximate surface area is 123 Å². The van der Waals surface area contributed by atoms with Gasteiger partial charge in [0.25, 0.3) is 0 Å². The molecule has 1 aromatic heterocycles. The number of amides is 2. The summed E-state index contributed by atoms with van der Waals surface area (Å²) in [5.74, 6) is -0.334. The third-order valence-corrected chi connectivity index (χ3v) is 3.82. The maximum atomic E-state index is 12.3. The lowest BCUT2D eigenvalue weighted by Crippen LogP contribution is -2.57. The molecular weight excluding hydrogens is 266 g/mol. The standard InChI is InChI=1S/C16H17N3O2/c1-2-13-16(21)19(14(20)9-18-13)10-12-6-3-5-11-7-4-8-17-15(11)12/h3-8,13,18H,2,9-10H2,1H3. The first kappa shape index (κ1) is 13.7.